The van der Waals surface area contributed by atoms with Crippen molar-refractivity contribution < 1.29 is 22.3 Å². The highest BCUT2D eigenvalue weighted by atomic mass is 32.2. The first-order valence-corrected chi connectivity index (χ1v) is 8.92. The molecular weight excluding hydrogens is 408 g/mol. The number of hydrogen-bond acceptors (Lipinski definition) is 4. The van der Waals surface area contributed by atoms with Gasteiger partial charge < -0.3 is 10.1 Å². The largest absolute Gasteiger partial charge is 0.446 e. The molecule has 0 amide bonds. The predicted molar refractivity (Wildman–Crippen MR) is 106 cm³/mol. The second-order valence-electron chi connectivity index (χ2n) is 5.55. The Balaban J connectivity index is 1.94. The average molecular weight is 422 g/mol. The third-order valence-corrected chi connectivity index (χ3v) is 4.58. The van der Waals surface area contributed by atoms with Crippen LogP contribution < -0.4 is 14.8 Å². The van der Waals surface area contributed by atoms with E-state index in [9.17, 15) is 17.6 Å². The zero-order chi connectivity index (χ0) is 21.0. The number of ether oxygens (including phenoxy) is 1. The summed E-state index contributed by atoms with van der Waals surface area (Å²) in [6, 6.07) is 5.70. The first kappa shape index (κ1) is 20.5. The fourth-order valence-corrected chi connectivity index (χ4v) is 3.02. The Kier molecular flexibility index (Phi) is 6.23. The van der Waals surface area contributed by atoms with E-state index in [1.54, 1.807) is 0 Å². The van der Waals surface area contributed by atoms with Gasteiger partial charge in [0.15, 0.2) is 29.0 Å². The van der Waals surface area contributed by atoms with E-state index in [1.165, 1.54) is 6.07 Å². The Bertz CT molecular complexity index is 1020. The van der Waals surface area contributed by atoms with Crippen molar-refractivity contribution in [3.05, 3.63) is 72.0 Å². The standard InChI is InChI=1S/C19H14F4N4OS/c1-3-10(20)14(24-2)9-25-19-26-16-15(29-27-19)8-7-13(23)18(16)28-17-11(21)5-4-6-12(17)22/h3-8H,1-2,9H2,(H2,25,26,27)/b14-10+. The lowest BCUT2D eigenvalue weighted by molar-refractivity contribution is 0.388. The van der Waals surface area contributed by atoms with Crippen LogP contribution in [-0.2, 0) is 0 Å². The van der Waals surface area contributed by atoms with Crippen LogP contribution in [0.3, 0.4) is 0 Å². The maximum atomic E-state index is 14.4. The van der Waals surface area contributed by atoms with Crippen molar-refractivity contribution in [1.82, 2.24) is 4.72 Å². The van der Waals surface area contributed by atoms with Crippen LogP contribution in [-0.4, -0.2) is 19.2 Å². The summed E-state index contributed by atoms with van der Waals surface area (Å²) in [6.45, 7) is 6.39. The summed E-state index contributed by atoms with van der Waals surface area (Å²) >= 11 is 1.06. The van der Waals surface area contributed by atoms with E-state index in [0.29, 0.717) is 4.90 Å². The topological polar surface area (TPSA) is 58.0 Å². The van der Waals surface area contributed by atoms with Gasteiger partial charge in [-0.2, -0.15) is 0 Å². The van der Waals surface area contributed by atoms with E-state index in [2.05, 4.69) is 33.3 Å². The minimum absolute atomic E-state index is 0.0453. The summed E-state index contributed by atoms with van der Waals surface area (Å²) in [5.74, 6) is -4.51. The molecule has 0 aliphatic carbocycles. The highest BCUT2D eigenvalue weighted by Crippen LogP contribution is 2.41. The Morgan fingerprint density at radius 2 is 1.79 bits per heavy atom. The molecule has 0 unspecified atom stereocenters. The van der Waals surface area contributed by atoms with Gasteiger partial charge in [0, 0.05) is 0 Å². The van der Waals surface area contributed by atoms with Crippen molar-refractivity contribution in [3.63, 3.8) is 0 Å². The van der Waals surface area contributed by atoms with E-state index in [-0.39, 0.29) is 23.9 Å². The number of halogens is 4. The van der Waals surface area contributed by atoms with Crippen LogP contribution in [0.5, 0.6) is 11.5 Å². The third-order valence-electron chi connectivity index (χ3n) is 3.73. The highest BCUT2D eigenvalue weighted by molar-refractivity contribution is 7.98. The quantitative estimate of drug-likeness (QED) is 0.286. The maximum Gasteiger partial charge on any atom is 0.206 e. The van der Waals surface area contributed by atoms with Crippen LogP contribution in [0.4, 0.5) is 23.2 Å². The van der Waals surface area contributed by atoms with E-state index < -0.39 is 34.8 Å². The molecule has 0 bridgehead atoms. The Morgan fingerprint density at radius 3 is 2.45 bits per heavy atom. The lowest BCUT2D eigenvalue weighted by Gasteiger charge is -2.23. The van der Waals surface area contributed by atoms with Crippen LogP contribution in [0.2, 0.25) is 0 Å². The molecule has 0 aromatic heterocycles. The molecule has 2 N–H and O–H groups in total. The summed E-state index contributed by atoms with van der Waals surface area (Å²) in [7, 11) is 0. The van der Waals surface area contributed by atoms with Gasteiger partial charge in [-0.1, -0.05) is 12.6 Å². The van der Waals surface area contributed by atoms with Gasteiger partial charge in [-0.25, -0.2) is 22.6 Å². The molecule has 0 spiro atoms. The van der Waals surface area contributed by atoms with Crippen LogP contribution in [0.15, 0.2) is 69.4 Å². The molecular formula is C19H14F4N4OS. The summed E-state index contributed by atoms with van der Waals surface area (Å²) < 4.78 is 63.9. The molecule has 1 aliphatic heterocycles. The lowest BCUT2D eigenvalue weighted by atomic mass is 10.2. The number of aliphatic imine (C=N–C) groups is 2. The zero-order valence-corrected chi connectivity index (χ0v) is 15.6. The van der Waals surface area contributed by atoms with Crippen molar-refractivity contribution in [2.75, 3.05) is 11.9 Å². The van der Waals surface area contributed by atoms with Gasteiger partial charge in [-0.05, 0) is 49.0 Å². The molecule has 0 saturated carbocycles. The Hall–Kier alpha value is -3.27. The molecule has 1 aliphatic rings. The molecule has 10 heteroatoms. The van der Waals surface area contributed by atoms with Gasteiger partial charge in [-0.3, -0.25) is 9.71 Å². The van der Waals surface area contributed by atoms with Crippen LogP contribution in [0.1, 0.15) is 0 Å². The van der Waals surface area contributed by atoms with Crippen LogP contribution in [0.25, 0.3) is 0 Å². The number of allylic oxidation sites excluding steroid dienone is 2. The monoisotopic (exact) mass is 422 g/mol. The molecule has 0 radical (unpaired) electrons. The minimum atomic E-state index is -0.982. The smallest absolute Gasteiger partial charge is 0.206 e. The van der Waals surface area contributed by atoms with E-state index in [0.717, 1.165) is 42.3 Å². The summed E-state index contributed by atoms with van der Waals surface area (Å²) in [6.07, 6.45) is 0.972. The fourth-order valence-electron chi connectivity index (χ4n) is 2.32. The second-order valence-corrected chi connectivity index (χ2v) is 6.40. The average Bonchev–Trinajstić information content (AvgIpc) is 2.72. The number of fused-ring (bicyclic) bond motifs is 1. The molecule has 3 rings (SSSR count). The number of para-hydroxylation sites is 1. The number of rotatable bonds is 6. The van der Waals surface area contributed by atoms with Gasteiger partial charge in [0.1, 0.15) is 11.5 Å². The molecule has 0 saturated heterocycles. The second kappa shape index (κ2) is 8.82. The molecule has 0 fully saturated rings. The van der Waals surface area contributed by atoms with E-state index >= 15 is 0 Å². The first-order chi connectivity index (χ1) is 13.9. The number of hydrogen-bond donors (Lipinski definition) is 2. The molecule has 29 heavy (non-hydrogen) atoms. The third kappa shape index (κ3) is 4.43. The van der Waals surface area contributed by atoms with Crippen molar-refractivity contribution in [2.45, 2.75) is 4.90 Å². The number of guanidine groups is 1. The van der Waals surface area contributed by atoms with Crippen molar-refractivity contribution in [1.29, 1.82) is 0 Å². The van der Waals surface area contributed by atoms with Gasteiger partial charge in [0.05, 0.1) is 17.1 Å². The zero-order valence-electron chi connectivity index (χ0n) is 14.8. The molecule has 1 heterocycles. The van der Waals surface area contributed by atoms with Crippen molar-refractivity contribution >= 4 is 30.3 Å². The van der Waals surface area contributed by atoms with Crippen molar-refractivity contribution in [2.24, 2.45) is 9.98 Å². The van der Waals surface area contributed by atoms with Crippen molar-refractivity contribution in [3.8, 4) is 11.5 Å². The highest BCUT2D eigenvalue weighted by Gasteiger charge is 2.24. The van der Waals surface area contributed by atoms with Gasteiger partial charge >= 0.3 is 0 Å². The molecule has 5 nitrogen and oxygen atoms in total. The normalized spacial score (nSPS) is 15.0. The number of nitrogens with one attached hydrogen (secondary N) is 2. The molecule has 0 atom stereocenters. The molecule has 2 aromatic rings. The number of nitrogens with zero attached hydrogens (tertiary/aromatic N) is 2. The maximum absolute atomic E-state index is 14.4. The first-order valence-electron chi connectivity index (χ1n) is 8.11. The summed E-state index contributed by atoms with van der Waals surface area (Å²) in [5.41, 5.74) is 0.0625. The molecule has 2 aromatic carbocycles. The summed E-state index contributed by atoms with van der Waals surface area (Å²) in [5, 5.41) is 2.78. The SMILES string of the molecule is C=C/C(F)=C(/CN=C1NSc2ccc(F)c(Oc3c(F)cccc3F)c2N1)N=C. The summed E-state index contributed by atoms with van der Waals surface area (Å²) in [4.78, 5) is 8.14. The number of anilines is 1. The van der Waals surface area contributed by atoms with Gasteiger partial charge in [-0.15, -0.1) is 0 Å². The fraction of sp³-hybridized carbons (Fsp3) is 0.0526. The van der Waals surface area contributed by atoms with E-state index in [4.69, 9.17) is 4.74 Å². The van der Waals surface area contributed by atoms with Gasteiger partial charge in [0.2, 0.25) is 5.96 Å². The van der Waals surface area contributed by atoms with E-state index in [1.807, 2.05) is 0 Å². The Labute approximate surface area is 168 Å². The number of benzene rings is 2. The van der Waals surface area contributed by atoms with Crippen LogP contribution in [0, 0.1) is 17.5 Å². The molecule has 150 valence electrons. The Morgan fingerprint density at radius 1 is 1.10 bits per heavy atom. The van der Waals surface area contributed by atoms with Crippen LogP contribution >= 0.6 is 11.9 Å². The van der Waals surface area contributed by atoms with Gasteiger partial charge in [0.25, 0.3) is 0 Å². The minimum Gasteiger partial charge on any atom is -0.446 e. The lowest BCUT2D eigenvalue weighted by Crippen LogP contribution is -2.30. The predicted octanol–water partition coefficient (Wildman–Crippen LogP) is 5.34.